The lowest BCUT2D eigenvalue weighted by atomic mass is 10.4. The fourth-order valence-electron chi connectivity index (χ4n) is 1.59. The van der Waals surface area contributed by atoms with Crippen molar-refractivity contribution in [1.82, 2.24) is 20.1 Å². The molecule has 1 aromatic carbocycles. The van der Waals surface area contributed by atoms with Crippen LogP contribution in [-0.2, 0) is 5.75 Å². The SMILES string of the molecule is Nc1nccnc1-c1nc(CSc2ccccc2)no1. The molecule has 3 rings (SSSR count). The zero-order valence-electron chi connectivity index (χ0n) is 10.4. The molecular weight excluding hydrogens is 274 g/mol. The van der Waals surface area contributed by atoms with Gasteiger partial charge in [0.15, 0.2) is 17.3 Å². The molecule has 2 N–H and O–H groups in total. The van der Waals surface area contributed by atoms with Crippen LogP contribution in [0.2, 0.25) is 0 Å². The molecule has 0 amide bonds. The normalized spacial score (nSPS) is 10.6. The molecule has 0 spiro atoms. The van der Waals surface area contributed by atoms with Gasteiger partial charge in [-0.3, -0.25) is 0 Å². The van der Waals surface area contributed by atoms with Crippen LogP contribution in [0.5, 0.6) is 0 Å². The van der Waals surface area contributed by atoms with Crippen molar-refractivity contribution in [3.8, 4) is 11.6 Å². The lowest BCUT2D eigenvalue weighted by Gasteiger charge is -1.96. The number of nitrogen functional groups attached to an aromatic ring is 1. The van der Waals surface area contributed by atoms with Gasteiger partial charge in [-0.25, -0.2) is 9.97 Å². The van der Waals surface area contributed by atoms with Crippen molar-refractivity contribution in [1.29, 1.82) is 0 Å². The van der Waals surface area contributed by atoms with E-state index >= 15 is 0 Å². The third kappa shape index (κ3) is 2.77. The van der Waals surface area contributed by atoms with Gasteiger partial charge in [0.1, 0.15) is 0 Å². The summed E-state index contributed by atoms with van der Waals surface area (Å²) in [6.45, 7) is 0. The topological polar surface area (TPSA) is 90.7 Å². The van der Waals surface area contributed by atoms with Crippen molar-refractivity contribution in [3.63, 3.8) is 0 Å². The maximum Gasteiger partial charge on any atom is 0.280 e. The van der Waals surface area contributed by atoms with Crippen LogP contribution in [0.1, 0.15) is 5.82 Å². The number of hydrogen-bond donors (Lipinski definition) is 1. The van der Waals surface area contributed by atoms with Crippen LogP contribution < -0.4 is 5.73 Å². The van der Waals surface area contributed by atoms with Crippen molar-refractivity contribution in [2.75, 3.05) is 5.73 Å². The quantitative estimate of drug-likeness (QED) is 0.736. The molecule has 0 fully saturated rings. The minimum atomic E-state index is 0.276. The molecule has 0 aliphatic heterocycles. The Hall–Kier alpha value is -2.41. The molecule has 6 nitrogen and oxygen atoms in total. The molecular formula is C13H11N5OS. The molecule has 0 aliphatic rings. The monoisotopic (exact) mass is 285 g/mol. The number of benzene rings is 1. The molecule has 2 aromatic heterocycles. The minimum absolute atomic E-state index is 0.276. The molecule has 20 heavy (non-hydrogen) atoms. The first kappa shape index (κ1) is 12.6. The van der Waals surface area contributed by atoms with Crippen LogP contribution in [0.15, 0.2) is 52.1 Å². The van der Waals surface area contributed by atoms with E-state index in [1.54, 1.807) is 11.8 Å². The molecule has 0 radical (unpaired) electrons. The van der Waals surface area contributed by atoms with Crippen LogP contribution in [0, 0.1) is 0 Å². The maximum absolute atomic E-state index is 5.72. The van der Waals surface area contributed by atoms with Crippen LogP contribution >= 0.6 is 11.8 Å². The van der Waals surface area contributed by atoms with Gasteiger partial charge >= 0.3 is 0 Å². The molecule has 7 heteroatoms. The zero-order chi connectivity index (χ0) is 13.8. The highest BCUT2D eigenvalue weighted by atomic mass is 32.2. The highest BCUT2D eigenvalue weighted by Crippen LogP contribution is 2.23. The summed E-state index contributed by atoms with van der Waals surface area (Å²) in [5, 5.41) is 3.92. The number of rotatable bonds is 4. The molecule has 0 aliphatic carbocycles. The number of anilines is 1. The summed E-state index contributed by atoms with van der Waals surface area (Å²) in [6, 6.07) is 10.0. The van der Waals surface area contributed by atoms with Gasteiger partial charge in [0.25, 0.3) is 5.89 Å². The van der Waals surface area contributed by atoms with Crippen LogP contribution in [0.4, 0.5) is 5.82 Å². The largest absolute Gasteiger partial charge is 0.382 e. The number of nitrogens with two attached hydrogens (primary N) is 1. The van der Waals surface area contributed by atoms with Gasteiger partial charge in [0.2, 0.25) is 0 Å². The van der Waals surface area contributed by atoms with E-state index < -0.39 is 0 Å². The van der Waals surface area contributed by atoms with Crippen molar-refractivity contribution in [2.45, 2.75) is 10.6 Å². The van der Waals surface area contributed by atoms with E-state index in [9.17, 15) is 0 Å². The Morgan fingerprint density at radius 3 is 2.70 bits per heavy atom. The Bertz CT molecular complexity index is 701. The highest BCUT2D eigenvalue weighted by Gasteiger charge is 2.13. The number of aromatic nitrogens is 4. The first-order chi connectivity index (χ1) is 9.83. The van der Waals surface area contributed by atoms with E-state index in [1.807, 2.05) is 30.3 Å². The standard InChI is InChI=1S/C13H11N5OS/c14-12-11(15-6-7-16-12)13-17-10(18-19-13)8-20-9-4-2-1-3-5-9/h1-7H,8H2,(H2,14,16). The van der Waals surface area contributed by atoms with Gasteiger partial charge < -0.3 is 10.3 Å². The summed E-state index contributed by atoms with van der Waals surface area (Å²) in [7, 11) is 0. The predicted octanol–water partition coefficient (Wildman–Crippen LogP) is 2.40. The van der Waals surface area contributed by atoms with Gasteiger partial charge in [0.05, 0.1) is 5.75 Å². The molecule has 0 saturated heterocycles. The summed E-state index contributed by atoms with van der Waals surface area (Å²) >= 11 is 1.63. The lowest BCUT2D eigenvalue weighted by molar-refractivity contribution is 0.424. The van der Waals surface area contributed by atoms with Gasteiger partial charge in [-0.1, -0.05) is 23.4 Å². The second-order valence-electron chi connectivity index (χ2n) is 3.91. The van der Waals surface area contributed by atoms with Crippen molar-refractivity contribution >= 4 is 17.6 Å². The van der Waals surface area contributed by atoms with E-state index in [0.717, 1.165) is 4.90 Å². The predicted molar refractivity (Wildman–Crippen MR) is 75.7 cm³/mol. The third-order valence-corrected chi connectivity index (χ3v) is 3.52. The Morgan fingerprint density at radius 2 is 1.90 bits per heavy atom. The number of thioether (sulfide) groups is 1. The van der Waals surface area contributed by atoms with Crippen LogP contribution in [0.3, 0.4) is 0 Å². The minimum Gasteiger partial charge on any atom is -0.382 e. The number of hydrogen-bond acceptors (Lipinski definition) is 7. The average Bonchev–Trinajstić information content (AvgIpc) is 2.95. The second kappa shape index (κ2) is 5.70. The van der Waals surface area contributed by atoms with E-state index in [4.69, 9.17) is 10.3 Å². The van der Waals surface area contributed by atoms with E-state index in [1.165, 1.54) is 12.4 Å². The molecule has 0 bridgehead atoms. The maximum atomic E-state index is 5.72. The summed E-state index contributed by atoms with van der Waals surface area (Å²) in [4.78, 5) is 13.5. The fourth-order valence-corrected chi connectivity index (χ4v) is 2.35. The first-order valence-corrected chi connectivity index (χ1v) is 6.89. The summed E-state index contributed by atoms with van der Waals surface area (Å²) in [5.41, 5.74) is 6.13. The molecule has 0 atom stereocenters. The smallest absolute Gasteiger partial charge is 0.280 e. The Labute approximate surface area is 119 Å². The number of nitrogens with zero attached hydrogens (tertiary/aromatic N) is 4. The van der Waals surface area contributed by atoms with Crippen molar-refractivity contribution in [3.05, 3.63) is 48.5 Å². The van der Waals surface area contributed by atoms with Gasteiger partial charge in [-0.2, -0.15) is 4.98 Å². The van der Waals surface area contributed by atoms with Gasteiger partial charge in [-0.15, -0.1) is 11.8 Å². The van der Waals surface area contributed by atoms with Gasteiger partial charge in [-0.05, 0) is 12.1 Å². The van der Waals surface area contributed by atoms with E-state index in [2.05, 4.69) is 20.1 Å². The van der Waals surface area contributed by atoms with Crippen LogP contribution in [-0.4, -0.2) is 20.1 Å². The molecule has 3 aromatic rings. The highest BCUT2D eigenvalue weighted by molar-refractivity contribution is 7.98. The molecule has 100 valence electrons. The Balaban J connectivity index is 1.73. The molecule has 0 unspecified atom stereocenters. The van der Waals surface area contributed by atoms with E-state index in [-0.39, 0.29) is 5.82 Å². The summed E-state index contributed by atoms with van der Waals surface area (Å²) < 4.78 is 5.16. The molecule has 2 heterocycles. The van der Waals surface area contributed by atoms with Gasteiger partial charge in [0, 0.05) is 17.3 Å². The lowest BCUT2D eigenvalue weighted by Crippen LogP contribution is -1.96. The van der Waals surface area contributed by atoms with Crippen LogP contribution in [0.25, 0.3) is 11.6 Å². The van der Waals surface area contributed by atoms with Crippen molar-refractivity contribution in [2.24, 2.45) is 0 Å². The third-order valence-electron chi connectivity index (χ3n) is 2.51. The Morgan fingerprint density at radius 1 is 1.10 bits per heavy atom. The Kier molecular flexibility index (Phi) is 3.60. The summed E-state index contributed by atoms with van der Waals surface area (Å²) in [6.07, 6.45) is 3.05. The second-order valence-corrected chi connectivity index (χ2v) is 4.96. The fraction of sp³-hybridized carbons (Fsp3) is 0.0769. The summed E-state index contributed by atoms with van der Waals surface area (Å²) in [5.74, 6) is 1.78. The average molecular weight is 285 g/mol. The van der Waals surface area contributed by atoms with E-state index in [0.29, 0.717) is 23.2 Å². The zero-order valence-corrected chi connectivity index (χ0v) is 11.2. The van der Waals surface area contributed by atoms with Crippen molar-refractivity contribution < 1.29 is 4.52 Å². The first-order valence-electron chi connectivity index (χ1n) is 5.90. The molecule has 0 saturated carbocycles.